The molecule has 1 heterocycles. The van der Waals surface area contributed by atoms with Gasteiger partial charge in [-0.25, -0.2) is 4.98 Å². The number of alkyl halides is 7. The largest absolute Gasteiger partial charge is 0.239 e. The first-order chi connectivity index (χ1) is 7.57. The molecule has 0 unspecified atom stereocenters. The van der Waals surface area contributed by atoms with E-state index in [1.165, 1.54) is 6.07 Å². The third kappa shape index (κ3) is 4.22. The van der Waals surface area contributed by atoms with Gasteiger partial charge in [0, 0.05) is 11.1 Å². The van der Waals surface area contributed by atoms with Crippen LogP contribution in [0.25, 0.3) is 0 Å². The standard InChI is InChI=1S/C8H3Cl8N/c9-2-5-3(7(11,12)13)1-4(6(10)17-5)8(14,15)16/h1H,2H2. The molecular formula is C8H3Cl8N. The molecule has 1 nitrogen and oxygen atoms in total. The molecule has 0 aromatic carbocycles. The SMILES string of the molecule is ClCc1nc(Cl)c(C(Cl)(Cl)Cl)cc1C(Cl)(Cl)Cl. The maximum Gasteiger partial charge on any atom is 0.218 e. The van der Waals surface area contributed by atoms with Crippen molar-refractivity contribution in [1.29, 1.82) is 0 Å². The van der Waals surface area contributed by atoms with Gasteiger partial charge in [-0.3, -0.25) is 0 Å². The minimum Gasteiger partial charge on any atom is -0.239 e. The van der Waals surface area contributed by atoms with Crippen molar-refractivity contribution in [3.05, 3.63) is 28.0 Å². The highest BCUT2D eigenvalue weighted by molar-refractivity contribution is 6.68. The zero-order valence-electron chi connectivity index (χ0n) is 7.76. The maximum atomic E-state index is 5.86. The van der Waals surface area contributed by atoms with Crippen molar-refractivity contribution in [3.8, 4) is 0 Å². The van der Waals surface area contributed by atoms with Crippen LogP contribution in [0.4, 0.5) is 0 Å². The maximum absolute atomic E-state index is 5.86. The predicted molar refractivity (Wildman–Crippen MR) is 77.3 cm³/mol. The number of nitrogens with zero attached hydrogens (tertiary/aromatic N) is 1. The number of aromatic nitrogens is 1. The van der Waals surface area contributed by atoms with Gasteiger partial charge in [0.05, 0.1) is 11.6 Å². The lowest BCUT2D eigenvalue weighted by Gasteiger charge is -2.19. The number of pyridine rings is 1. The number of hydrogen-bond acceptors (Lipinski definition) is 1. The number of halogens is 8. The summed E-state index contributed by atoms with van der Waals surface area (Å²) in [6.45, 7) is 0. The Bertz CT molecular complexity index is 419. The first-order valence-corrected chi connectivity index (χ1v) is 7.15. The van der Waals surface area contributed by atoms with E-state index in [1.54, 1.807) is 0 Å². The second-order valence-corrected chi connectivity index (χ2v) is 8.14. The first-order valence-electron chi connectivity index (χ1n) is 3.97. The van der Waals surface area contributed by atoms with Gasteiger partial charge in [-0.1, -0.05) is 81.2 Å². The van der Waals surface area contributed by atoms with Gasteiger partial charge in [-0.05, 0) is 6.07 Å². The Morgan fingerprint density at radius 1 is 0.941 bits per heavy atom. The minimum absolute atomic E-state index is 0.00125. The normalized spacial score (nSPS) is 12.9. The summed E-state index contributed by atoms with van der Waals surface area (Å²) >= 11 is 46.1. The number of rotatable bonds is 1. The van der Waals surface area contributed by atoms with Crippen molar-refractivity contribution in [1.82, 2.24) is 4.98 Å². The summed E-state index contributed by atoms with van der Waals surface area (Å²) in [5.74, 6) is 0.0170. The molecule has 0 aliphatic carbocycles. The van der Waals surface area contributed by atoms with Gasteiger partial charge in [0.15, 0.2) is 0 Å². The van der Waals surface area contributed by atoms with Crippen LogP contribution in [-0.2, 0) is 13.5 Å². The van der Waals surface area contributed by atoms with Crippen molar-refractivity contribution in [2.24, 2.45) is 0 Å². The van der Waals surface area contributed by atoms with E-state index in [9.17, 15) is 0 Å². The van der Waals surface area contributed by atoms with Crippen molar-refractivity contribution in [2.75, 3.05) is 0 Å². The lowest BCUT2D eigenvalue weighted by Crippen LogP contribution is -2.12. The molecule has 0 N–H and O–H groups in total. The van der Waals surface area contributed by atoms with Crippen LogP contribution in [-0.4, -0.2) is 4.98 Å². The van der Waals surface area contributed by atoms with E-state index in [2.05, 4.69) is 4.98 Å². The van der Waals surface area contributed by atoms with Crippen molar-refractivity contribution < 1.29 is 0 Å². The van der Waals surface area contributed by atoms with Crippen LogP contribution in [0, 0.1) is 0 Å². The molecule has 0 aliphatic heterocycles. The zero-order chi connectivity index (χ0) is 13.4. The molecule has 0 atom stereocenters. The van der Waals surface area contributed by atoms with Gasteiger partial charge in [0.1, 0.15) is 5.15 Å². The molecule has 0 amide bonds. The highest BCUT2D eigenvalue weighted by atomic mass is 35.6. The highest BCUT2D eigenvalue weighted by Gasteiger charge is 2.33. The minimum atomic E-state index is -1.76. The number of hydrogen-bond donors (Lipinski definition) is 0. The molecule has 0 saturated heterocycles. The molecule has 0 spiro atoms. The van der Waals surface area contributed by atoms with Crippen LogP contribution < -0.4 is 0 Å². The van der Waals surface area contributed by atoms with E-state index in [-0.39, 0.29) is 22.2 Å². The summed E-state index contributed by atoms with van der Waals surface area (Å²) in [4.78, 5) is 3.95. The van der Waals surface area contributed by atoms with E-state index >= 15 is 0 Å². The van der Waals surface area contributed by atoms with Gasteiger partial charge in [0.2, 0.25) is 7.59 Å². The molecule has 0 radical (unpaired) electrons. The van der Waals surface area contributed by atoms with Gasteiger partial charge in [0.25, 0.3) is 0 Å². The Morgan fingerprint density at radius 3 is 1.76 bits per heavy atom. The topological polar surface area (TPSA) is 12.9 Å². The molecule has 1 aromatic rings. The fourth-order valence-corrected chi connectivity index (χ4v) is 2.64. The molecular weight excluding hydrogens is 394 g/mol. The fraction of sp³-hybridized carbons (Fsp3) is 0.375. The average Bonchev–Trinajstić information content (AvgIpc) is 2.13. The Morgan fingerprint density at radius 2 is 1.41 bits per heavy atom. The summed E-state index contributed by atoms with van der Waals surface area (Å²) in [6, 6.07) is 1.37. The Hall–Kier alpha value is 1.47. The second-order valence-electron chi connectivity index (χ2n) is 2.95. The quantitative estimate of drug-likeness (QED) is 0.411. The first kappa shape index (κ1) is 16.5. The average molecular weight is 397 g/mol. The smallest absolute Gasteiger partial charge is 0.218 e. The van der Waals surface area contributed by atoms with Crippen LogP contribution in [0.15, 0.2) is 6.07 Å². The molecule has 0 fully saturated rings. The van der Waals surface area contributed by atoms with Crippen molar-refractivity contribution >= 4 is 92.8 Å². The monoisotopic (exact) mass is 393 g/mol. The van der Waals surface area contributed by atoms with E-state index in [4.69, 9.17) is 92.8 Å². The van der Waals surface area contributed by atoms with Gasteiger partial charge < -0.3 is 0 Å². The van der Waals surface area contributed by atoms with Gasteiger partial charge >= 0.3 is 0 Å². The summed E-state index contributed by atoms with van der Waals surface area (Å²) in [5.41, 5.74) is 0.664. The van der Waals surface area contributed by atoms with E-state index in [0.717, 1.165) is 0 Å². The molecule has 0 aliphatic rings. The molecule has 9 heteroatoms. The van der Waals surface area contributed by atoms with Crippen LogP contribution in [0.3, 0.4) is 0 Å². The summed E-state index contributed by atoms with van der Waals surface area (Å²) in [5, 5.41) is -0.00125. The fourth-order valence-electron chi connectivity index (χ4n) is 1.07. The van der Waals surface area contributed by atoms with E-state index < -0.39 is 7.59 Å². The van der Waals surface area contributed by atoms with Gasteiger partial charge in [-0.2, -0.15) is 0 Å². The molecule has 0 bridgehead atoms. The molecule has 96 valence electrons. The Labute approximate surface area is 138 Å². The summed E-state index contributed by atoms with van der Waals surface area (Å²) in [6.07, 6.45) is 0. The second kappa shape index (κ2) is 5.85. The van der Waals surface area contributed by atoms with Crippen LogP contribution in [0.1, 0.15) is 16.8 Å². The Balaban J connectivity index is 3.49. The molecule has 17 heavy (non-hydrogen) atoms. The zero-order valence-corrected chi connectivity index (χ0v) is 13.8. The lowest BCUT2D eigenvalue weighted by molar-refractivity contribution is 1.03. The van der Waals surface area contributed by atoms with Crippen molar-refractivity contribution in [2.45, 2.75) is 13.5 Å². The highest BCUT2D eigenvalue weighted by Crippen LogP contribution is 2.46. The Kier molecular flexibility index (Phi) is 5.68. The molecule has 0 saturated carbocycles. The summed E-state index contributed by atoms with van der Waals surface area (Å²) in [7, 11) is 0. The third-order valence-electron chi connectivity index (χ3n) is 1.79. The van der Waals surface area contributed by atoms with Crippen LogP contribution >= 0.6 is 92.8 Å². The molecule has 1 aromatic heterocycles. The van der Waals surface area contributed by atoms with Crippen LogP contribution in [0.2, 0.25) is 5.15 Å². The summed E-state index contributed by atoms with van der Waals surface area (Å²) < 4.78 is -3.49. The van der Waals surface area contributed by atoms with E-state index in [1.807, 2.05) is 0 Å². The molecule has 1 rings (SSSR count). The van der Waals surface area contributed by atoms with Crippen LogP contribution in [0.5, 0.6) is 0 Å². The predicted octanol–water partition coefficient (Wildman–Crippen LogP) is 6.13. The third-order valence-corrected chi connectivity index (χ3v) is 3.56. The van der Waals surface area contributed by atoms with Crippen molar-refractivity contribution in [3.63, 3.8) is 0 Å². The van der Waals surface area contributed by atoms with E-state index in [0.29, 0.717) is 5.69 Å². The van der Waals surface area contributed by atoms with Gasteiger partial charge in [-0.15, -0.1) is 11.6 Å². The lowest BCUT2D eigenvalue weighted by atomic mass is 10.1.